The highest BCUT2D eigenvalue weighted by Crippen LogP contribution is 2.38. The van der Waals surface area contributed by atoms with Crippen LogP contribution in [0, 0.1) is 6.92 Å². The van der Waals surface area contributed by atoms with E-state index in [0.717, 1.165) is 17.7 Å². The van der Waals surface area contributed by atoms with E-state index in [1.807, 2.05) is 0 Å². The third kappa shape index (κ3) is 5.72. The Balaban J connectivity index is 1.64. The second-order valence-corrected chi connectivity index (χ2v) is 8.40. The SMILES string of the molecule is Cc1ccc(Oc2c(C(F)(F)F)oc3cc(OC(=O)C=Cc4ccc(Cl)c(Cl)c4)ccc3c2=O)cc1. The van der Waals surface area contributed by atoms with Gasteiger partial charge in [-0.3, -0.25) is 4.79 Å². The number of halogens is 5. The minimum absolute atomic E-state index is 0.0389. The van der Waals surface area contributed by atoms with Crippen LogP contribution < -0.4 is 14.9 Å². The monoisotopic (exact) mass is 534 g/mol. The molecule has 1 heterocycles. The topological polar surface area (TPSA) is 65.7 Å². The number of hydrogen-bond acceptors (Lipinski definition) is 5. The third-order valence-electron chi connectivity index (χ3n) is 4.89. The number of alkyl halides is 3. The average molecular weight is 535 g/mol. The smallest absolute Gasteiger partial charge is 0.449 e. The summed E-state index contributed by atoms with van der Waals surface area (Å²) in [5.41, 5.74) is -0.0245. The van der Waals surface area contributed by atoms with Crippen molar-refractivity contribution >= 4 is 46.2 Å². The van der Waals surface area contributed by atoms with Gasteiger partial charge in [0.1, 0.15) is 17.1 Å². The van der Waals surface area contributed by atoms with Gasteiger partial charge in [0.2, 0.25) is 11.2 Å². The average Bonchev–Trinajstić information content (AvgIpc) is 2.82. The van der Waals surface area contributed by atoms with Crippen molar-refractivity contribution in [2.45, 2.75) is 13.1 Å². The Labute approximate surface area is 212 Å². The van der Waals surface area contributed by atoms with Crippen LogP contribution in [0.2, 0.25) is 10.0 Å². The molecule has 0 unspecified atom stereocenters. The van der Waals surface area contributed by atoms with Crippen LogP contribution in [-0.2, 0) is 11.0 Å². The summed E-state index contributed by atoms with van der Waals surface area (Å²) in [5, 5.41) is 0.457. The lowest BCUT2D eigenvalue weighted by atomic mass is 10.2. The van der Waals surface area contributed by atoms with Gasteiger partial charge in [0.15, 0.2) is 0 Å². The molecule has 0 saturated heterocycles. The first-order valence-corrected chi connectivity index (χ1v) is 11.0. The largest absolute Gasteiger partial charge is 0.453 e. The number of ether oxygens (including phenoxy) is 2. The van der Waals surface area contributed by atoms with Gasteiger partial charge in [0, 0.05) is 12.1 Å². The molecular formula is C26H15Cl2F3O5. The number of rotatable bonds is 5. The van der Waals surface area contributed by atoms with E-state index in [2.05, 4.69) is 0 Å². The summed E-state index contributed by atoms with van der Waals surface area (Å²) in [4.78, 5) is 25.1. The molecule has 0 atom stereocenters. The first-order chi connectivity index (χ1) is 17.0. The summed E-state index contributed by atoms with van der Waals surface area (Å²) >= 11 is 11.8. The summed E-state index contributed by atoms with van der Waals surface area (Å²) in [7, 11) is 0. The molecule has 0 amide bonds. The van der Waals surface area contributed by atoms with Gasteiger partial charge in [-0.25, -0.2) is 4.79 Å². The fraction of sp³-hybridized carbons (Fsp3) is 0.0769. The number of carbonyl (C=O) groups excluding carboxylic acids is 1. The number of hydrogen-bond donors (Lipinski definition) is 0. The summed E-state index contributed by atoms with van der Waals surface area (Å²) in [6.07, 6.45) is -2.51. The van der Waals surface area contributed by atoms with Gasteiger partial charge >= 0.3 is 12.1 Å². The number of fused-ring (bicyclic) bond motifs is 1. The minimum Gasteiger partial charge on any atom is -0.449 e. The van der Waals surface area contributed by atoms with Crippen molar-refractivity contribution in [3.8, 4) is 17.2 Å². The zero-order valence-electron chi connectivity index (χ0n) is 18.4. The minimum atomic E-state index is -5.03. The van der Waals surface area contributed by atoms with Gasteiger partial charge in [-0.05, 0) is 55.0 Å². The third-order valence-corrected chi connectivity index (χ3v) is 5.63. The van der Waals surface area contributed by atoms with E-state index in [-0.39, 0.29) is 16.9 Å². The van der Waals surface area contributed by atoms with E-state index in [0.29, 0.717) is 15.6 Å². The van der Waals surface area contributed by atoms with Gasteiger partial charge in [-0.15, -0.1) is 0 Å². The van der Waals surface area contributed by atoms with Gasteiger partial charge in [0.05, 0.1) is 15.4 Å². The van der Waals surface area contributed by atoms with Gasteiger partial charge in [-0.2, -0.15) is 13.2 Å². The predicted octanol–water partition coefficient (Wildman–Crippen LogP) is 7.84. The Hall–Kier alpha value is -3.75. The molecule has 184 valence electrons. The molecule has 0 aliphatic heterocycles. The highest BCUT2D eigenvalue weighted by atomic mass is 35.5. The van der Waals surface area contributed by atoms with Crippen molar-refractivity contribution < 1.29 is 31.9 Å². The van der Waals surface area contributed by atoms with Crippen molar-refractivity contribution in [1.82, 2.24) is 0 Å². The summed E-state index contributed by atoms with van der Waals surface area (Å²) in [6, 6.07) is 14.3. The van der Waals surface area contributed by atoms with Crippen LogP contribution in [0.15, 0.2) is 76.0 Å². The molecule has 0 N–H and O–H groups in total. The van der Waals surface area contributed by atoms with E-state index in [1.165, 1.54) is 36.4 Å². The molecule has 0 aliphatic carbocycles. The Bertz CT molecular complexity index is 1540. The molecule has 4 aromatic rings. The second-order valence-electron chi connectivity index (χ2n) is 7.59. The maximum Gasteiger partial charge on any atom is 0.453 e. The Morgan fingerprint density at radius 3 is 2.31 bits per heavy atom. The van der Waals surface area contributed by atoms with Crippen LogP contribution >= 0.6 is 23.2 Å². The zero-order chi connectivity index (χ0) is 26.0. The van der Waals surface area contributed by atoms with E-state index < -0.39 is 34.7 Å². The maximum absolute atomic E-state index is 13.7. The molecule has 0 fully saturated rings. The molecule has 5 nitrogen and oxygen atoms in total. The van der Waals surface area contributed by atoms with Crippen molar-refractivity contribution in [3.05, 3.63) is 104 Å². The van der Waals surface area contributed by atoms with Crippen LogP contribution in [0.4, 0.5) is 13.2 Å². The highest BCUT2D eigenvalue weighted by Gasteiger charge is 2.40. The molecule has 1 aromatic heterocycles. The molecule has 3 aromatic carbocycles. The van der Waals surface area contributed by atoms with Crippen molar-refractivity contribution in [1.29, 1.82) is 0 Å². The second kappa shape index (κ2) is 10.1. The van der Waals surface area contributed by atoms with Crippen molar-refractivity contribution in [3.63, 3.8) is 0 Å². The predicted molar refractivity (Wildman–Crippen MR) is 130 cm³/mol. The molecule has 0 saturated carbocycles. The Kier molecular flexibility index (Phi) is 7.10. The van der Waals surface area contributed by atoms with Gasteiger partial charge in [0.25, 0.3) is 5.76 Å². The quantitative estimate of drug-likeness (QED) is 0.148. The van der Waals surface area contributed by atoms with Crippen LogP contribution in [0.3, 0.4) is 0 Å². The fourth-order valence-electron chi connectivity index (χ4n) is 3.15. The fourth-order valence-corrected chi connectivity index (χ4v) is 3.46. The molecule has 10 heteroatoms. The van der Waals surface area contributed by atoms with Crippen LogP contribution in [-0.4, -0.2) is 5.97 Å². The van der Waals surface area contributed by atoms with Gasteiger partial charge < -0.3 is 13.9 Å². The molecule has 0 radical (unpaired) electrons. The first kappa shape index (κ1) is 25.3. The lowest BCUT2D eigenvalue weighted by molar-refractivity contribution is -0.154. The molecule has 0 spiro atoms. The van der Waals surface area contributed by atoms with Crippen LogP contribution in [0.5, 0.6) is 17.2 Å². The van der Waals surface area contributed by atoms with E-state index >= 15 is 0 Å². The lowest BCUT2D eigenvalue weighted by Crippen LogP contribution is -2.15. The van der Waals surface area contributed by atoms with Crippen molar-refractivity contribution in [2.24, 2.45) is 0 Å². The standard InChI is InChI=1S/C26H15Cl2F3O5/c1-14-2-6-16(7-3-14)35-24-23(33)18-9-8-17(13-21(18)36-25(24)26(29,30)31)34-22(32)11-5-15-4-10-19(27)20(28)12-15/h2-13H,1H3. The summed E-state index contributed by atoms with van der Waals surface area (Å²) in [5.74, 6) is -3.51. The van der Waals surface area contributed by atoms with Crippen molar-refractivity contribution in [2.75, 3.05) is 0 Å². The molecule has 4 rings (SSSR count). The number of aryl methyl sites for hydroxylation is 1. The normalized spacial score (nSPS) is 11.7. The molecule has 36 heavy (non-hydrogen) atoms. The van der Waals surface area contributed by atoms with E-state index in [4.69, 9.17) is 37.1 Å². The maximum atomic E-state index is 13.7. The molecular weight excluding hydrogens is 520 g/mol. The van der Waals surface area contributed by atoms with Crippen LogP contribution in [0.1, 0.15) is 16.9 Å². The Morgan fingerprint density at radius 2 is 1.64 bits per heavy atom. The number of esters is 1. The summed E-state index contributed by atoms with van der Waals surface area (Å²) < 4.78 is 56.6. The molecule has 0 aliphatic rings. The molecule has 0 bridgehead atoms. The number of benzene rings is 3. The van der Waals surface area contributed by atoms with Gasteiger partial charge in [-0.1, -0.05) is 47.0 Å². The Morgan fingerprint density at radius 1 is 0.944 bits per heavy atom. The number of carbonyl (C=O) groups is 1. The van der Waals surface area contributed by atoms with E-state index in [9.17, 15) is 22.8 Å². The van der Waals surface area contributed by atoms with Crippen LogP contribution in [0.25, 0.3) is 17.0 Å². The highest BCUT2D eigenvalue weighted by molar-refractivity contribution is 6.42. The zero-order valence-corrected chi connectivity index (χ0v) is 19.9. The first-order valence-electron chi connectivity index (χ1n) is 10.3. The van der Waals surface area contributed by atoms with E-state index in [1.54, 1.807) is 31.2 Å². The summed E-state index contributed by atoms with van der Waals surface area (Å²) in [6.45, 7) is 1.79. The lowest BCUT2D eigenvalue weighted by Gasteiger charge is -2.13.